The molecule has 22 heavy (non-hydrogen) atoms. The van der Waals surface area contributed by atoms with Gasteiger partial charge in [0.2, 0.25) is 0 Å². The monoisotopic (exact) mass is 424 g/mol. The number of ketones is 1. The minimum absolute atomic E-state index is 0.0818. The third-order valence-electron chi connectivity index (χ3n) is 3.28. The summed E-state index contributed by atoms with van der Waals surface area (Å²) in [6.45, 7) is -0.338. The lowest BCUT2D eigenvalue weighted by Gasteiger charge is -2.17. The van der Waals surface area contributed by atoms with Crippen LogP contribution in [0, 0.1) is 0 Å². The fourth-order valence-electron chi connectivity index (χ4n) is 2.16. The largest absolute Gasteiger partial charge is 0.394 e. The number of aromatic amines is 1. The van der Waals surface area contributed by atoms with E-state index < -0.39 is 45.8 Å². The zero-order chi connectivity index (χ0) is 16.4. The number of aliphatic hydroxyl groups is 2. The molecular formula is C12H13IN2O7. The van der Waals surface area contributed by atoms with Crippen LogP contribution in [-0.2, 0) is 20.7 Å². The molecule has 2 rings (SSSR count). The standard InChI is InChI=1S/C12H13IN2O7/c13-8-7(4-17)22-11(9(8)19)15-2-5(1-6(18)3-16)10(20)14-12(15)21/h2-3,7-9,11,17,19H,1,4H2,(H,14,20,21)/t7-,8?,9?,11-/m0/s1. The van der Waals surface area contributed by atoms with E-state index in [1.807, 2.05) is 27.6 Å². The summed E-state index contributed by atoms with van der Waals surface area (Å²) in [5.41, 5.74) is -1.70. The van der Waals surface area contributed by atoms with Crippen molar-refractivity contribution in [3.05, 3.63) is 32.6 Å². The molecule has 0 spiro atoms. The van der Waals surface area contributed by atoms with Crippen molar-refractivity contribution in [2.45, 2.75) is 28.8 Å². The third kappa shape index (κ3) is 3.19. The van der Waals surface area contributed by atoms with Gasteiger partial charge in [-0.1, -0.05) is 22.6 Å². The number of hydrogen-bond donors (Lipinski definition) is 3. The molecule has 0 radical (unpaired) electrons. The summed E-state index contributed by atoms with van der Waals surface area (Å²) in [5, 5.41) is 19.3. The molecule has 4 atom stereocenters. The molecule has 2 unspecified atom stereocenters. The summed E-state index contributed by atoms with van der Waals surface area (Å²) in [5.74, 6) is -0.816. The minimum atomic E-state index is -1.10. The summed E-state index contributed by atoms with van der Waals surface area (Å²) in [4.78, 5) is 47.1. The molecule has 0 aromatic carbocycles. The van der Waals surface area contributed by atoms with Crippen molar-refractivity contribution in [2.24, 2.45) is 0 Å². The van der Waals surface area contributed by atoms with Crippen LogP contribution in [0.25, 0.3) is 0 Å². The van der Waals surface area contributed by atoms with Gasteiger partial charge in [-0.25, -0.2) is 4.79 Å². The number of halogens is 1. The van der Waals surface area contributed by atoms with Gasteiger partial charge in [-0.05, 0) is 0 Å². The zero-order valence-corrected chi connectivity index (χ0v) is 13.3. The van der Waals surface area contributed by atoms with Crippen molar-refractivity contribution in [1.82, 2.24) is 9.55 Å². The van der Waals surface area contributed by atoms with Crippen LogP contribution < -0.4 is 11.2 Å². The number of nitrogens with zero attached hydrogens (tertiary/aromatic N) is 1. The maximum absolute atomic E-state index is 11.9. The first kappa shape index (κ1) is 17.0. The number of Topliss-reactive ketones (excluding diaryl/α,β-unsaturated/α-hetero) is 1. The van der Waals surface area contributed by atoms with Gasteiger partial charge in [0.25, 0.3) is 5.56 Å². The van der Waals surface area contributed by atoms with E-state index in [1.165, 1.54) is 0 Å². The predicted octanol–water partition coefficient (Wildman–Crippen LogP) is -2.10. The summed E-state index contributed by atoms with van der Waals surface area (Å²) in [6, 6.07) is 0. The van der Waals surface area contributed by atoms with Crippen LogP contribution in [0.3, 0.4) is 0 Å². The first-order valence-corrected chi connectivity index (χ1v) is 7.54. The van der Waals surface area contributed by atoms with Crippen molar-refractivity contribution in [3.8, 4) is 0 Å². The highest BCUT2D eigenvalue weighted by atomic mass is 127. The van der Waals surface area contributed by atoms with E-state index >= 15 is 0 Å². The molecule has 10 heteroatoms. The van der Waals surface area contributed by atoms with Gasteiger partial charge in [-0.2, -0.15) is 0 Å². The number of aldehydes is 1. The van der Waals surface area contributed by atoms with Crippen LogP contribution in [-0.4, -0.2) is 54.6 Å². The first-order chi connectivity index (χ1) is 10.4. The molecule has 0 bridgehead atoms. The van der Waals surface area contributed by atoms with E-state index in [9.17, 15) is 24.3 Å². The van der Waals surface area contributed by atoms with Crippen LogP contribution in [0.4, 0.5) is 0 Å². The lowest BCUT2D eigenvalue weighted by Crippen LogP contribution is -2.38. The summed E-state index contributed by atoms with van der Waals surface area (Å²) in [6.07, 6.45) is -2.15. The summed E-state index contributed by atoms with van der Waals surface area (Å²) in [7, 11) is 0. The number of H-pyrrole nitrogens is 1. The van der Waals surface area contributed by atoms with Crippen molar-refractivity contribution in [3.63, 3.8) is 0 Å². The molecule has 1 aliphatic rings. The van der Waals surface area contributed by atoms with Crippen LogP contribution in [0.2, 0.25) is 0 Å². The molecule has 1 fully saturated rings. The fourth-order valence-corrected chi connectivity index (χ4v) is 2.91. The number of carbonyl (C=O) groups excluding carboxylic acids is 2. The molecule has 1 aromatic rings. The Labute approximate surface area is 137 Å². The fraction of sp³-hybridized carbons (Fsp3) is 0.500. The second-order valence-corrected chi connectivity index (χ2v) is 6.20. The number of aliphatic hydroxyl groups excluding tert-OH is 2. The molecule has 9 nitrogen and oxygen atoms in total. The molecule has 1 saturated heterocycles. The Kier molecular flexibility index (Phi) is 5.26. The summed E-state index contributed by atoms with van der Waals surface area (Å²) >= 11 is 1.89. The normalized spacial score (nSPS) is 27.8. The van der Waals surface area contributed by atoms with Gasteiger partial charge in [-0.3, -0.25) is 23.9 Å². The van der Waals surface area contributed by atoms with E-state index in [0.29, 0.717) is 0 Å². The number of carbonyl (C=O) groups is 2. The third-order valence-corrected chi connectivity index (χ3v) is 4.82. The lowest BCUT2D eigenvalue weighted by atomic mass is 10.1. The maximum atomic E-state index is 11.9. The molecule has 0 saturated carbocycles. The molecule has 1 aliphatic heterocycles. The molecule has 1 aromatic heterocycles. The topological polar surface area (TPSA) is 139 Å². The van der Waals surface area contributed by atoms with Crippen LogP contribution in [0.5, 0.6) is 0 Å². The highest BCUT2D eigenvalue weighted by Gasteiger charge is 2.43. The smallest absolute Gasteiger partial charge is 0.330 e. The van der Waals surface area contributed by atoms with Crippen molar-refractivity contribution < 1.29 is 24.5 Å². The van der Waals surface area contributed by atoms with Gasteiger partial charge in [0.1, 0.15) is 6.10 Å². The van der Waals surface area contributed by atoms with Crippen molar-refractivity contribution in [2.75, 3.05) is 6.61 Å². The molecule has 0 amide bonds. The second-order valence-electron chi connectivity index (χ2n) is 4.76. The Hall–Kier alpha value is -1.37. The highest BCUT2D eigenvalue weighted by Crippen LogP contribution is 2.33. The van der Waals surface area contributed by atoms with Crippen molar-refractivity contribution in [1.29, 1.82) is 0 Å². The predicted molar refractivity (Wildman–Crippen MR) is 80.9 cm³/mol. The SMILES string of the molecule is O=CC(=O)Cc1cn([C@H]2O[C@@H](CO)C(I)C2O)c(=O)[nH]c1=O. The number of rotatable bonds is 5. The number of aromatic nitrogens is 2. The molecular weight excluding hydrogens is 411 g/mol. The number of ether oxygens (including phenoxy) is 1. The van der Waals surface area contributed by atoms with Crippen molar-refractivity contribution >= 4 is 34.7 Å². The van der Waals surface area contributed by atoms with E-state index in [-0.39, 0.29) is 18.5 Å². The number of alkyl halides is 1. The lowest BCUT2D eigenvalue weighted by molar-refractivity contribution is -0.129. The number of hydrogen-bond acceptors (Lipinski definition) is 7. The van der Waals surface area contributed by atoms with E-state index in [4.69, 9.17) is 9.84 Å². The second kappa shape index (κ2) is 6.81. The van der Waals surface area contributed by atoms with Gasteiger partial charge in [0, 0.05) is 18.2 Å². The maximum Gasteiger partial charge on any atom is 0.330 e. The molecule has 0 aliphatic carbocycles. The van der Waals surface area contributed by atoms with Gasteiger partial charge < -0.3 is 14.9 Å². The molecule has 120 valence electrons. The Morgan fingerprint density at radius 2 is 2.18 bits per heavy atom. The van der Waals surface area contributed by atoms with E-state index in [0.717, 1.165) is 10.8 Å². The van der Waals surface area contributed by atoms with Crippen LogP contribution >= 0.6 is 22.6 Å². The average Bonchev–Trinajstić information content (AvgIpc) is 2.77. The highest BCUT2D eigenvalue weighted by molar-refractivity contribution is 14.1. The summed E-state index contributed by atoms with van der Waals surface area (Å²) < 4.78 is 5.90. The Morgan fingerprint density at radius 3 is 2.73 bits per heavy atom. The van der Waals surface area contributed by atoms with Gasteiger partial charge >= 0.3 is 5.69 Å². The number of nitrogens with one attached hydrogen (secondary N) is 1. The Bertz CT molecular complexity index is 697. The molecule has 2 heterocycles. The van der Waals surface area contributed by atoms with E-state index in [2.05, 4.69) is 0 Å². The van der Waals surface area contributed by atoms with Gasteiger partial charge in [0.05, 0.1) is 16.6 Å². The van der Waals surface area contributed by atoms with Gasteiger partial charge in [-0.15, -0.1) is 0 Å². The Morgan fingerprint density at radius 1 is 1.50 bits per heavy atom. The van der Waals surface area contributed by atoms with E-state index in [1.54, 1.807) is 0 Å². The minimum Gasteiger partial charge on any atom is -0.394 e. The Balaban J connectivity index is 2.41. The average molecular weight is 424 g/mol. The zero-order valence-electron chi connectivity index (χ0n) is 11.1. The van der Waals surface area contributed by atoms with Crippen LogP contribution in [0.15, 0.2) is 15.8 Å². The molecule has 3 N–H and O–H groups in total. The van der Waals surface area contributed by atoms with Crippen LogP contribution in [0.1, 0.15) is 11.8 Å². The van der Waals surface area contributed by atoms with Gasteiger partial charge in [0.15, 0.2) is 18.3 Å². The first-order valence-electron chi connectivity index (χ1n) is 6.29. The quantitative estimate of drug-likeness (QED) is 0.213.